The number of nitrogens with one attached hydrogen (secondary N) is 3. The number of benzene rings is 1. The molecular formula is C25H36N6O9. The van der Waals surface area contributed by atoms with E-state index in [0.29, 0.717) is 25.8 Å². The molecule has 1 aromatic carbocycles. The second-order valence-corrected chi connectivity index (χ2v) is 9.54. The van der Waals surface area contributed by atoms with Gasteiger partial charge in [-0.2, -0.15) is 0 Å². The van der Waals surface area contributed by atoms with E-state index in [1.54, 1.807) is 33.8 Å². The van der Waals surface area contributed by atoms with Crippen molar-refractivity contribution in [2.45, 2.75) is 58.6 Å². The Labute approximate surface area is 231 Å². The highest BCUT2D eigenvalue weighted by atomic mass is 16.6. The molecule has 0 radical (unpaired) electrons. The number of rotatable bonds is 16. The smallest absolute Gasteiger partial charge is 0.408 e. The van der Waals surface area contributed by atoms with E-state index in [9.17, 15) is 24.5 Å². The summed E-state index contributed by atoms with van der Waals surface area (Å²) in [4.78, 5) is 47.0. The number of nitro benzene ring substituents is 1. The molecule has 0 bridgehead atoms. The van der Waals surface area contributed by atoms with Crippen LogP contribution in [0.5, 0.6) is 5.75 Å². The minimum Gasteiger partial charge on any atom is -0.489 e. The molecule has 0 aliphatic carbocycles. The van der Waals surface area contributed by atoms with E-state index in [2.05, 4.69) is 30.9 Å². The van der Waals surface area contributed by atoms with E-state index in [-0.39, 0.29) is 54.7 Å². The fourth-order valence-electron chi connectivity index (χ4n) is 3.39. The van der Waals surface area contributed by atoms with Gasteiger partial charge in [-0.15, -0.1) is 0 Å². The number of ether oxygens (including phenoxy) is 3. The third kappa shape index (κ3) is 11.2. The number of nitro groups is 1. The molecule has 0 spiro atoms. The average Bonchev–Trinajstić information content (AvgIpc) is 3.36. The summed E-state index contributed by atoms with van der Waals surface area (Å²) in [5, 5.41) is 26.3. The van der Waals surface area contributed by atoms with Gasteiger partial charge in [0.1, 0.15) is 18.2 Å². The maximum absolute atomic E-state index is 12.7. The second kappa shape index (κ2) is 16.0. The van der Waals surface area contributed by atoms with Crippen LogP contribution in [-0.4, -0.2) is 77.7 Å². The Hall–Kier alpha value is -4.27. The Morgan fingerprint density at radius 1 is 1.07 bits per heavy atom. The molecule has 0 aliphatic rings. The average molecular weight is 565 g/mol. The first kappa shape index (κ1) is 31.9. The summed E-state index contributed by atoms with van der Waals surface area (Å²) in [6.07, 6.45) is 3.91. The summed E-state index contributed by atoms with van der Waals surface area (Å²) < 4.78 is 20.9. The van der Waals surface area contributed by atoms with Gasteiger partial charge < -0.3 is 30.2 Å². The van der Waals surface area contributed by atoms with Crippen LogP contribution >= 0.6 is 0 Å². The van der Waals surface area contributed by atoms with Gasteiger partial charge in [0.2, 0.25) is 17.3 Å². The van der Waals surface area contributed by atoms with E-state index in [1.807, 2.05) is 0 Å². The molecule has 15 nitrogen and oxygen atoms in total. The number of non-ortho nitro benzene ring substituents is 1. The first-order valence-electron chi connectivity index (χ1n) is 12.8. The van der Waals surface area contributed by atoms with Crippen LogP contribution in [0.25, 0.3) is 11.0 Å². The van der Waals surface area contributed by atoms with Crippen LogP contribution in [0.15, 0.2) is 28.9 Å². The van der Waals surface area contributed by atoms with Gasteiger partial charge >= 0.3 is 11.8 Å². The SMILES string of the molecule is C/C=C/C(=O)NCCCC[C@H](NC(=O)OC(C)(C)C)C(=O)NCCOCCOc1ccc([N+](=O)[O-])c2nonc12. The normalized spacial score (nSPS) is 12.2. The number of unbranched alkanes of at least 4 members (excludes halogenated alkanes) is 1. The quantitative estimate of drug-likeness (QED) is 0.117. The van der Waals surface area contributed by atoms with Gasteiger partial charge in [-0.05, 0) is 69.4 Å². The van der Waals surface area contributed by atoms with Gasteiger partial charge in [0.05, 0.1) is 18.1 Å². The number of hydrogen-bond acceptors (Lipinski definition) is 11. The van der Waals surface area contributed by atoms with Gasteiger partial charge in [-0.1, -0.05) is 6.08 Å². The number of hydrogen-bond donors (Lipinski definition) is 3. The van der Waals surface area contributed by atoms with E-state index in [1.165, 1.54) is 18.2 Å². The largest absolute Gasteiger partial charge is 0.489 e. The summed E-state index contributed by atoms with van der Waals surface area (Å²) in [6.45, 7) is 8.00. The number of nitrogens with zero attached hydrogens (tertiary/aromatic N) is 3. The highest BCUT2D eigenvalue weighted by Gasteiger charge is 2.24. The van der Waals surface area contributed by atoms with Crippen molar-refractivity contribution in [1.29, 1.82) is 0 Å². The van der Waals surface area contributed by atoms with E-state index < -0.39 is 28.6 Å². The predicted molar refractivity (Wildman–Crippen MR) is 143 cm³/mol. The Bertz CT molecular complexity index is 1180. The molecule has 1 atom stereocenters. The number of carbonyl (C=O) groups excluding carboxylic acids is 3. The van der Waals surface area contributed by atoms with Crippen molar-refractivity contribution < 1.29 is 38.1 Å². The molecular weight excluding hydrogens is 528 g/mol. The molecule has 40 heavy (non-hydrogen) atoms. The van der Waals surface area contributed by atoms with Crippen molar-refractivity contribution in [2.24, 2.45) is 0 Å². The van der Waals surface area contributed by atoms with Crippen LogP contribution < -0.4 is 20.7 Å². The minimum atomic E-state index is -0.829. The molecule has 1 heterocycles. The molecule has 3 N–H and O–H groups in total. The van der Waals surface area contributed by atoms with Crippen molar-refractivity contribution in [1.82, 2.24) is 26.3 Å². The molecule has 0 saturated carbocycles. The zero-order valence-electron chi connectivity index (χ0n) is 23.1. The van der Waals surface area contributed by atoms with E-state index >= 15 is 0 Å². The van der Waals surface area contributed by atoms with Gasteiger partial charge in [0.25, 0.3) is 0 Å². The Morgan fingerprint density at radius 2 is 1.82 bits per heavy atom. The lowest BCUT2D eigenvalue weighted by molar-refractivity contribution is -0.383. The number of alkyl carbamates (subject to hydrolysis) is 1. The van der Waals surface area contributed by atoms with Crippen molar-refractivity contribution in [3.8, 4) is 5.75 Å². The van der Waals surface area contributed by atoms with Crippen molar-refractivity contribution >= 4 is 34.6 Å². The van der Waals surface area contributed by atoms with Crippen LogP contribution in [0.4, 0.5) is 10.5 Å². The first-order chi connectivity index (χ1) is 19.0. The molecule has 1 aromatic heterocycles. The summed E-state index contributed by atoms with van der Waals surface area (Å²) in [7, 11) is 0. The summed E-state index contributed by atoms with van der Waals surface area (Å²) in [5.74, 6) is -0.322. The number of amides is 3. The lowest BCUT2D eigenvalue weighted by Crippen LogP contribution is -2.48. The number of carbonyl (C=O) groups is 3. The topological polar surface area (TPSA) is 197 Å². The molecule has 0 saturated heterocycles. The molecule has 2 rings (SSSR count). The number of allylic oxidation sites excluding steroid dienone is 1. The van der Waals surface area contributed by atoms with E-state index in [0.717, 1.165) is 0 Å². The van der Waals surface area contributed by atoms with Crippen molar-refractivity contribution in [3.63, 3.8) is 0 Å². The second-order valence-electron chi connectivity index (χ2n) is 9.54. The first-order valence-corrected chi connectivity index (χ1v) is 12.8. The fraction of sp³-hybridized carbons (Fsp3) is 0.560. The van der Waals surface area contributed by atoms with Gasteiger partial charge in [-0.3, -0.25) is 19.7 Å². The summed E-state index contributed by atoms with van der Waals surface area (Å²) >= 11 is 0. The Balaban J connectivity index is 1.75. The van der Waals surface area contributed by atoms with Gasteiger partial charge in [-0.25, -0.2) is 9.42 Å². The summed E-state index contributed by atoms with van der Waals surface area (Å²) in [5.41, 5.74) is -0.849. The highest BCUT2D eigenvalue weighted by molar-refractivity contribution is 5.88. The Morgan fingerprint density at radius 3 is 2.52 bits per heavy atom. The van der Waals surface area contributed by atoms with Crippen LogP contribution in [0.1, 0.15) is 47.0 Å². The molecule has 0 aliphatic heterocycles. The zero-order valence-corrected chi connectivity index (χ0v) is 23.1. The van der Waals surface area contributed by atoms with Crippen LogP contribution in [-0.2, 0) is 19.1 Å². The van der Waals surface area contributed by atoms with Crippen LogP contribution in [0.3, 0.4) is 0 Å². The molecule has 2 aromatic rings. The van der Waals surface area contributed by atoms with Crippen molar-refractivity contribution in [2.75, 3.05) is 32.9 Å². The predicted octanol–water partition coefficient (Wildman–Crippen LogP) is 2.40. The number of fused-ring (bicyclic) bond motifs is 1. The van der Waals surface area contributed by atoms with E-state index in [4.69, 9.17) is 14.2 Å². The maximum Gasteiger partial charge on any atom is 0.408 e. The fourth-order valence-corrected chi connectivity index (χ4v) is 3.39. The highest BCUT2D eigenvalue weighted by Crippen LogP contribution is 2.30. The molecule has 15 heteroatoms. The molecule has 3 amide bonds. The molecule has 0 unspecified atom stereocenters. The maximum atomic E-state index is 12.7. The minimum absolute atomic E-state index is 0.0147. The zero-order chi connectivity index (χ0) is 29.5. The van der Waals surface area contributed by atoms with Gasteiger partial charge in [0, 0.05) is 19.2 Å². The third-order valence-electron chi connectivity index (χ3n) is 5.13. The van der Waals surface area contributed by atoms with Crippen LogP contribution in [0.2, 0.25) is 0 Å². The molecule has 220 valence electrons. The lowest BCUT2D eigenvalue weighted by atomic mass is 10.1. The monoisotopic (exact) mass is 564 g/mol. The summed E-state index contributed by atoms with van der Waals surface area (Å²) in [6, 6.07) is 1.82. The van der Waals surface area contributed by atoms with Crippen LogP contribution in [0, 0.1) is 10.1 Å². The number of aromatic nitrogens is 2. The van der Waals surface area contributed by atoms with Gasteiger partial charge in [0.15, 0.2) is 11.3 Å². The lowest BCUT2D eigenvalue weighted by Gasteiger charge is -2.23. The molecule has 0 fully saturated rings. The third-order valence-corrected chi connectivity index (χ3v) is 5.13. The standard InChI is InChI=1S/C25H36N6O9/c1-5-8-20(32)26-12-7-6-9-17(28-24(34)39-25(2,3)4)23(33)27-13-14-37-15-16-38-19-11-10-18(31(35)36)21-22(19)30-40-29-21/h5,8,10-11,17H,6-7,9,12-16H2,1-4H3,(H,26,32)(H,27,33)(H,28,34)/b8-5+/t17-/m0/s1. The van der Waals surface area contributed by atoms with Crippen molar-refractivity contribution in [3.05, 3.63) is 34.4 Å². The Kier molecular flexibility index (Phi) is 12.8.